The van der Waals surface area contributed by atoms with Gasteiger partial charge in [0.25, 0.3) is 0 Å². The van der Waals surface area contributed by atoms with Crippen LogP contribution >= 0.6 is 0 Å². The van der Waals surface area contributed by atoms with Gasteiger partial charge in [-0.05, 0) is 18.6 Å². The average Bonchev–Trinajstić information content (AvgIpc) is 3.03. The highest BCUT2D eigenvalue weighted by atomic mass is 32.2. The highest BCUT2D eigenvalue weighted by Crippen LogP contribution is 2.31. The van der Waals surface area contributed by atoms with Crippen LogP contribution < -0.4 is 5.32 Å². The minimum absolute atomic E-state index is 0.0144. The molecule has 6 heteroatoms. The Morgan fingerprint density at radius 2 is 2.09 bits per heavy atom. The molecule has 0 spiro atoms. The number of nitrogens with one attached hydrogen (secondary N) is 1. The first-order valence-corrected chi connectivity index (χ1v) is 8.99. The minimum atomic E-state index is -0.910. The molecule has 3 rings (SSSR count). The third-order valence-corrected chi connectivity index (χ3v) is 4.89. The first-order valence-electron chi connectivity index (χ1n) is 7.50. The van der Waals surface area contributed by atoms with Gasteiger partial charge in [0, 0.05) is 22.8 Å². The van der Waals surface area contributed by atoms with Crippen LogP contribution in [0.1, 0.15) is 37.4 Å². The Hall–Kier alpha value is -1.95. The van der Waals surface area contributed by atoms with Crippen molar-refractivity contribution in [1.29, 1.82) is 0 Å². The number of nitrogens with zero attached hydrogens (tertiary/aromatic N) is 2. The van der Waals surface area contributed by atoms with Gasteiger partial charge in [-0.1, -0.05) is 31.5 Å². The molecule has 2 aromatic rings. The van der Waals surface area contributed by atoms with Crippen molar-refractivity contribution in [2.24, 2.45) is 0 Å². The maximum atomic E-state index is 12.1. The number of para-hydroxylation sites is 1. The van der Waals surface area contributed by atoms with Crippen molar-refractivity contribution < 1.29 is 9.00 Å². The number of hydrogen-bond donors (Lipinski definition) is 1. The Morgan fingerprint density at radius 1 is 1.32 bits per heavy atom. The van der Waals surface area contributed by atoms with Crippen LogP contribution in [0.3, 0.4) is 0 Å². The number of anilines is 1. The summed E-state index contributed by atoms with van der Waals surface area (Å²) in [6.45, 7) is 2.06. The van der Waals surface area contributed by atoms with Gasteiger partial charge in [0.1, 0.15) is 5.82 Å². The van der Waals surface area contributed by atoms with Gasteiger partial charge in [-0.3, -0.25) is 9.00 Å². The van der Waals surface area contributed by atoms with E-state index in [0.29, 0.717) is 23.7 Å². The number of benzene rings is 1. The second-order valence-corrected chi connectivity index (χ2v) is 6.86. The fourth-order valence-corrected chi connectivity index (χ4v) is 3.81. The molecule has 0 radical (unpaired) electrons. The molecule has 1 aliphatic heterocycles. The summed E-state index contributed by atoms with van der Waals surface area (Å²) in [6.07, 6.45) is 2.33. The van der Waals surface area contributed by atoms with Gasteiger partial charge in [-0.15, -0.1) is 0 Å². The topological polar surface area (TPSA) is 64.0 Å². The van der Waals surface area contributed by atoms with Gasteiger partial charge in [0.2, 0.25) is 5.91 Å². The number of fused-ring (bicyclic) bond motifs is 1. The summed E-state index contributed by atoms with van der Waals surface area (Å²) in [6, 6.07) is 9.70. The first-order chi connectivity index (χ1) is 10.7. The van der Waals surface area contributed by atoms with Crippen LogP contribution in [-0.4, -0.2) is 19.9 Å². The molecule has 0 saturated heterocycles. The third kappa shape index (κ3) is 2.97. The summed E-state index contributed by atoms with van der Waals surface area (Å²) in [5, 5.41) is 7.53. The van der Waals surface area contributed by atoms with E-state index in [4.69, 9.17) is 0 Å². The van der Waals surface area contributed by atoms with Gasteiger partial charge >= 0.3 is 0 Å². The summed E-state index contributed by atoms with van der Waals surface area (Å²) >= 11 is 0. The molecule has 116 valence electrons. The van der Waals surface area contributed by atoms with Gasteiger partial charge in [0.15, 0.2) is 0 Å². The molecular formula is C16H19N3O2S. The molecule has 0 bridgehead atoms. The van der Waals surface area contributed by atoms with Crippen LogP contribution in [0.5, 0.6) is 0 Å². The zero-order valence-electron chi connectivity index (χ0n) is 12.5. The number of carbonyl (C=O) groups is 1. The summed E-state index contributed by atoms with van der Waals surface area (Å²) in [4.78, 5) is 12.1. The Balaban J connectivity index is 1.95. The lowest BCUT2D eigenvalue weighted by Crippen LogP contribution is -2.16. The number of unbranched alkanes of at least 4 members (excludes halogenated alkanes) is 1. The Morgan fingerprint density at radius 3 is 2.82 bits per heavy atom. The Labute approximate surface area is 132 Å². The van der Waals surface area contributed by atoms with Crippen LogP contribution in [0.4, 0.5) is 5.82 Å². The molecule has 1 amide bonds. The highest BCUT2D eigenvalue weighted by molar-refractivity contribution is 7.83. The molecule has 0 saturated carbocycles. The van der Waals surface area contributed by atoms with E-state index in [-0.39, 0.29) is 5.91 Å². The second-order valence-electron chi connectivity index (χ2n) is 5.40. The third-order valence-electron chi connectivity index (χ3n) is 3.69. The maximum Gasteiger partial charge on any atom is 0.225 e. The zero-order chi connectivity index (χ0) is 15.5. The predicted molar refractivity (Wildman–Crippen MR) is 87.3 cm³/mol. The van der Waals surface area contributed by atoms with E-state index < -0.39 is 10.8 Å². The van der Waals surface area contributed by atoms with E-state index in [2.05, 4.69) is 17.3 Å². The number of rotatable bonds is 5. The summed E-state index contributed by atoms with van der Waals surface area (Å²) < 4.78 is 13.5. The average molecular weight is 317 g/mol. The van der Waals surface area contributed by atoms with Gasteiger partial charge in [0.05, 0.1) is 22.9 Å². The normalized spacial score (nSPS) is 16.5. The standard InChI is InChI=1S/C16H19N3O2S/c1-2-3-9-15(20)17-16-13-10-22(21)11-14(13)18-19(16)12-7-5-4-6-8-12/h4-8H,2-3,9-11H2,1H3,(H,17,20). The van der Waals surface area contributed by atoms with Crippen LogP contribution in [0.15, 0.2) is 30.3 Å². The van der Waals surface area contributed by atoms with E-state index in [1.807, 2.05) is 30.3 Å². The minimum Gasteiger partial charge on any atom is -0.310 e. The largest absolute Gasteiger partial charge is 0.310 e. The lowest BCUT2D eigenvalue weighted by atomic mass is 10.2. The maximum absolute atomic E-state index is 12.1. The van der Waals surface area contributed by atoms with Gasteiger partial charge < -0.3 is 5.32 Å². The smallest absolute Gasteiger partial charge is 0.225 e. The quantitative estimate of drug-likeness (QED) is 0.922. The van der Waals surface area contributed by atoms with E-state index in [1.54, 1.807) is 4.68 Å². The van der Waals surface area contributed by atoms with Crippen LogP contribution in [-0.2, 0) is 27.1 Å². The molecule has 2 heterocycles. The molecule has 1 aliphatic rings. The van der Waals surface area contributed by atoms with E-state index >= 15 is 0 Å². The molecular weight excluding hydrogens is 298 g/mol. The van der Waals surface area contributed by atoms with Crippen LogP contribution in [0.25, 0.3) is 5.69 Å². The number of carbonyl (C=O) groups excluding carboxylic acids is 1. The van der Waals surface area contributed by atoms with Gasteiger partial charge in [-0.2, -0.15) is 5.10 Å². The molecule has 5 nitrogen and oxygen atoms in total. The monoisotopic (exact) mass is 317 g/mol. The van der Waals surface area contributed by atoms with Crippen molar-refractivity contribution in [3.63, 3.8) is 0 Å². The molecule has 1 aromatic carbocycles. The molecule has 1 aromatic heterocycles. The van der Waals surface area contributed by atoms with Crippen LogP contribution in [0, 0.1) is 0 Å². The molecule has 0 aliphatic carbocycles. The van der Waals surface area contributed by atoms with E-state index in [9.17, 15) is 9.00 Å². The Bertz CT molecular complexity index is 710. The zero-order valence-corrected chi connectivity index (χ0v) is 13.4. The van der Waals surface area contributed by atoms with E-state index in [0.717, 1.165) is 29.8 Å². The van der Waals surface area contributed by atoms with Crippen molar-refractivity contribution in [1.82, 2.24) is 9.78 Å². The fourth-order valence-electron chi connectivity index (χ4n) is 2.54. The summed E-state index contributed by atoms with van der Waals surface area (Å²) in [5.41, 5.74) is 2.63. The lowest BCUT2D eigenvalue weighted by molar-refractivity contribution is -0.116. The van der Waals surface area contributed by atoms with Crippen molar-refractivity contribution >= 4 is 22.5 Å². The van der Waals surface area contributed by atoms with Crippen LogP contribution in [0.2, 0.25) is 0 Å². The second kappa shape index (κ2) is 6.44. The number of hydrogen-bond acceptors (Lipinski definition) is 3. The summed E-state index contributed by atoms with van der Waals surface area (Å²) in [5.74, 6) is 1.59. The molecule has 0 fully saturated rings. The van der Waals surface area contributed by atoms with Crippen molar-refractivity contribution in [2.75, 3.05) is 5.32 Å². The fraction of sp³-hybridized carbons (Fsp3) is 0.375. The predicted octanol–water partition coefficient (Wildman–Crippen LogP) is 2.76. The summed E-state index contributed by atoms with van der Waals surface area (Å²) in [7, 11) is -0.910. The number of aromatic nitrogens is 2. The molecule has 1 atom stereocenters. The first kappa shape index (κ1) is 15.0. The molecule has 22 heavy (non-hydrogen) atoms. The Kier molecular flexibility index (Phi) is 4.38. The molecule has 1 unspecified atom stereocenters. The highest BCUT2D eigenvalue weighted by Gasteiger charge is 2.28. The number of amides is 1. The van der Waals surface area contributed by atoms with Crippen molar-refractivity contribution in [3.8, 4) is 5.69 Å². The van der Waals surface area contributed by atoms with Gasteiger partial charge in [-0.25, -0.2) is 4.68 Å². The lowest BCUT2D eigenvalue weighted by Gasteiger charge is -2.10. The SMILES string of the molecule is CCCCC(=O)Nc1c2c(nn1-c1ccccc1)CS(=O)C2. The molecule has 1 N–H and O–H groups in total. The van der Waals surface area contributed by atoms with E-state index in [1.165, 1.54) is 0 Å². The van der Waals surface area contributed by atoms with Crippen molar-refractivity contribution in [3.05, 3.63) is 41.6 Å². The van der Waals surface area contributed by atoms with Crippen molar-refractivity contribution in [2.45, 2.75) is 37.7 Å².